The maximum absolute atomic E-state index is 6.11. The molecule has 2 unspecified atom stereocenters. The Hall–Kier alpha value is -0.180. The van der Waals surface area contributed by atoms with Crippen molar-refractivity contribution in [2.75, 3.05) is 7.05 Å². The lowest BCUT2D eigenvalue weighted by atomic mass is 10.1. The average Bonchev–Trinajstić information content (AvgIpc) is 2.43. The van der Waals surface area contributed by atoms with Gasteiger partial charge in [0.25, 0.3) is 0 Å². The van der Waals surface area contributed by atoms with E-state index in [1.807, 2.05) is 30.9 Å². The van der Waals surface area contributed by atoms with Crippen molar-refractivity contribution in [1.82, 2.24) is 5.32 Å². The summed E-state index contributed by atoms with van der Waals surface area (Å²) in [5.41, 5.74) is 1.34. The smallest absolute Gasteiger partial charge is 0.0545 e. The van der Waals surface area contributed by atoms with E-state index in [1.165, 1.54) is 10.5 Å². The quantitative estimate of drug-likeness (QED) is 0.770. The Bertz CT molecular complexity index is 327. The molecule has 0 radical (unpaired) electrons. The fraction of sp³-hybridized carbons (Fsp3) is 0.400. The van der Waals surface area contributed by atoms with Gasteiger partial charge in [-0.1, -0.05) is 30.7 Å². The zero-order valence-corrected chi connectivity index (χ0v) is 9.25. The summed E-state index contributed by atoms with van der Waals surface area (Å²) in [5, 5.41) is 4.77. The van der Waals surface area contributed by atoms with Crippen molar-refractivity contribution in [1.29, 1.82) is 0 Å². The minimum atomic E-state index is 0.443. The number of benzene rings is 1. The van der Waals surface area contributed by atoms with Crippen molar-refractivity contribution in [3.8, 4) is 0 Å². The van der Waals surface area contributed by atoms with Gasteiger partial charge in [-0.3, -0.25) is 0 Å². The molecule has 1 heterocycles. The maximum Gasteiger partial charge on any atom is 0.0545 e. The lowest BCUT2D eigenvalue weighted by Crippen LogP contribution is -2.21. The van der Waals surface area contributed by atoms with Gasteiger partial charge in [-0.2, -0.15) is 0 Å². The van der Waals surface area contributed by atoms with Gasteiger partial charge in [0.15, 0.2) is 0 Å². The Kier molecular flexibility index (Phi) is 2.54. The van der Waals surface area contributed by atoms with E-state index < -0.39 is 0 Å². The third-order valence-electron chi connectivity index (χ3n) is 2.42. The van der Waals surface area contributed by atoms with Gasteiger partial charge in [0.1, 0.15) is 0 Å². The average molecular weight is 214 g/mol. The largest absolute Gasteiger partial charge is 0.312 e. The molecule has 70 valence electrons. The van der Waals surface area contributed by atoms with Crippen molar-refractivity contribution in [3.63, 3.8) is 0 Å². The van der Waals surface area contributed by atoms with Crippen LogP contribution in [0.1, 0.15) is 18.5 Å². The first-order valence-corrected chi connectivity index (χ1v) is 5.62. The molecule has 0 saturated carbocycles. The van der Waals surface area contributed by atoms with Crippen LogP contribution in [0.2, 0.25) is 5.02 Å². The van der Waals surface area contributed by atoms with Crippen molar-refractivity contribution < 1.29 is 0 Å². The van der Waals surface area contributed by atoms with Gasteiger partial charge >= 0.3 is 0 Å². The summed E-state index contributed by atoms with van der Waals surface area (Å²) in [5.74, 6) is 0. The number of thioether (sulfide) groups is 1. The molecule has 1 aliphatic rings. The van der Waals surface area contributed by atoms with Crippen molar-refractivity contribution in [2.45, 2.75) is 23.1 Å². The molecule has 1 N–H and O–H groups in total. The number of halogens is 1. The Morgan fingerprint density at radius 2 is 2.23 bits per heavy atom. The molecule has 1 nitrogen and oxygen atoms in total. The van der Waals surface area contributed by atoms with Crippen LogP contribution >= 0.6 is 23.4 Å². The topological polar surface area (TPSA) is 12.0 Å². The molecule has 2 atom stereocenters. The highest BCUT2D eigenvalue weighted by atomic mass is 35.5. The molecular weight excluding hydrogens is 202 g/mol. The first-order valence-electron chi connectivity index (χ1n) is 4.36. The van der Waals surface area contributed by atoms with Crippen LogP contribution in [0.5, 0.6) is 0 Å². The Labute approximate surface area is 87.9 Å². The zero-order valence-electron chi connectivity index (χ0n) is 7.67. The lowest BCUT2D eigenvalue weighted by Gasteiger charge is -2.13. The van der Waals surface area contributed by atoms with Crippen LogP contribution in [-0.2, 0) is 0 Å². The highest BCUT2D eigenvalue weighted by molar-refractivity contribution is 8.00. The van der Waals surface area contributed by atoms with Crippen molar-refractivity contribution >= 4 is 23.4 Å². The second-order valence-corrected chi connectivity index (χ2v) is 5.04. The van der Waals surface area contributed by atoms with Crippen LogP contribution in [-0.4, -0.2) is 12.3 Å². The van der Waals surface area contributed by atoms with Gasteiger partial charge in [-0.05, 0) is 18.7 Å². The number of nitrogens with one attached hydrogen (secondary N) is 1. The summed E-state index contributed by atoms with van der Waals surface area (Å²) in [6, 6.07) is 6.57. The maximum atomic E-state index is 6.11. The predicted octanol–water partition coefficient (Wildman–Crippen LogP) is 3.09. The highest BCUT2D eigenvalue weighted by Gasteiger charge is 2.29. The molecule has 0 aliphatic carbocycles. The van der Waals surface area contributed by atoms with E-state index in [-0.39, 0.29) is 0 Å². The van der Waals surface area contributed by atoms with Crippen LogP contribution in [0, 0.1) is 0 Å². The molecule has 1 aromatic rings. The van der Waals surface area contributed by atoms with Crippen LogP contribution in [0.3, 0.4) is 0 Å². The summed E-state index contributed by atoms with van der Waals surface area (Å²) in [6.07, 6.45) is 0. The second kappa shape index (κ2) is 3.52. The fourth-order valence-corrected chi connectivity index (χ4v) is 3.41. The molecule has 2 rings (SSSR count). The van der Waals surface area contributed by atoms with Crippen molar-refractivity contribution in [3.05, 3.63) is 28.8 Å². The molecule has 0 saturated heterocycles. The Morgan fingerprint density at radius 1 is 1.46 bits per heavy atom. The summed E-state index contributed by atoms with van der Waals surface area (Å²) in [7, 11) is 2.00. The molecule has 0 aromatic heterocycles. The van der Waals surface area contributed by atoms with E-state index in [0.717, 1.165) is 5.02 Å². The SMILES string of the molecule is CNC1c2cccc(Cl)c2SC1C. The van der Waals surface area contributed by atoms with E-state index >= 15 is 0 Å². The van der Waals surface area contributed by atoms with E-state index in [9.17, 15) is 0 Å². The predicted molar refractivity (Wildman–Crippen MR) is 58.6 cm³/mol. The zero-order chi connectivity index (χ0) is 9.42. The first-order chi connectivity index (χ1) is 6.24. The van der Waals surface area contributed by atoms with E-state index in [1.54, 1.807) is 0 Å². The van der Waals surface area contributed by atoms with Gasteiger partial charge < -0.3 is 5.32 Å². The van der Waals surface area contributed by atoms with Crippen LogP contribution in [0.4, 0.5) is 0 Å². The summed E-state index contributed by atoms with van der Waals surface area (Å²) < 4.78 is 0. The molecule has 0 spiro atoms. The van der Waals surface area contributed by atoms with Gasteiger partial charge in [-0.15, -0.1) is 11.8 Å². The van der Waals surface area contributed by atoms with Crippen LogP contribution in [0.15, 0.2) is 23.1 Å². The Balaban J connectivity index is 2.48. The van der Waals surface area contributed by atoms with Gasteiger partial charge in [0, 0.05) is 16.2 Å². The molecule has 0 bridgehead atoms. The summed E-state index contributed by atoms with van der Waals surface area (Å²) in [6.45, 7) is 2.22. The molecular formula is C10H12ClNS. The van der Waals surface area contributed by atoms with Crippen molar-refractivity contribution in [2.24, 2.45) is 0 Å². The molecule has 3 heteroatoms. The fourth-order valence-electron chi connectivity index (χ4n) is 1.79. The molecule has 0 fully saturated rings. The van der Waals surface area contributed by atoms with E-state index in [0.29, 0.717) is 11.3 Å². The second-order valence-electron chi connectivity index (χ2n) is 3.25. The Morgan fingerprint density at radius 3 is 2.92 bits per heavy atom. The highest BCUT2D eigenvalue weighted by Crippen LogP contribution is 2.46. The van der Waals surface area contributed by atoms with Crippen LogP contribution in [0.25, 0.3) is 0 Å². The third kappa shape index (κ3) is 1.47. The number of hydrogen-bond donors (Lipinski definition) is 1. The molecule has 1 aromatic carbocycles. The monoisotopic (exact) mass is 213 g/mol. The minimum absolute atomic E-state index is 0.443. The van der Waals surface area contributed by atoms with Gasteiger partial charge in [0.2, 0.25) is 0 Å². The van der Waals surface area contributed by atoms with E-state index in [2.05, 4.69) is 18.3 Å². The summed E-state index contributed by atoms with van der Waals surface area (Å²) >= 11 is 7.96. The number of hydrogen-bond acceptors (Lipinski definition) is 2. The lowest BCUT2D eigenvalue weighted by molar-refractivity contribution is 0.595. The first kappa shape index (κ1) is 9.38. The number of fused-ring (bicyclic) bond motifs is 1. The third-order valence-corrected chi connectivity index (χ3v) is 4.18. The molecule has 1 aliphatic heterocycles. The number of rotatable bonds is 1. The van der Waals surface area contributed by atoms with Gasteiger partial charge in [-0.25, -0.2) is 0 Å². The molecule has 0 amide bonds. The normalized spacial score (nSPS) is 26.1. The summed E-state index contributed by atoms with van der Waals surface area (Å²) in [4.78, 5) is 1.25. The minimum Gasteiger partial charge on any atom is -0.312 e. The molecule has 13 heavy (non-hydrogen) atoms. The van der Waals surface area contributed by atoms with Crippen LogP contribution < -0.4 is 5.32 Å². The standard InChI is InChI=1S/C10H12ClNS/c1-6-9(12-2)7-4-3-5-8(11)10(7)13-6/h3-6,9,12H,1-2H3. The van der Waals surface area contributed by atoms with Gasteiger partial charge in [0.05, 0.1) is 5.02 Å². The van der Waals surface area contributed by atoms with E-state index in [4.69, 9.17) is 11.6 Å².